The molecule has 1 N–H and O–H groups in total. The largest absolute Gasteiger partial charge is 0.377 e. The molecule has 6 heteroatoms. The second-order valence-corrected chi connectivity index (χ2v) is 6.94. The van der Waals surface area contributed by atoms with E-state index in [0.29, 0.717) is 30.8 Å². The van der Waals surface area contributed by atoms with E-state index in [1.165, 1.54) is 0 Å². The first-order chi connectivity index (χ1) is 12.0. The lowest BCUT2D eigenvalue weighted by molar-refractivity contribution is -0.115. The summed E-state index contributed by atoms with van der Waals surface area (Å²) in [6.45, 7) is 5.22. The SMILES string of the molecule is CCN(CC)C(=O)c1cc(NC(=O)Cc2cccs2)ccc1N(C)C. The summed E-state index contributed by atoms with van der Waals surface area (Å²) in [6, 6.07) is 9.34. The van der Waals surface area contributed by atoms with Gasteiger partial charge in [0, 0.05) is 43.4 Å². The van der Waals surface area contributed by atoms with E-state index in [9.17, 15) is 9.59 Å². The van der Waals surface area contributed by atoms with Crippen LogP contribution in [0.5, 0.6) is 0 Å². The summed E-state index contributed by atoms with van der Waals surface area (Å²) in [4.78, 5) is 29.7. The first-order valence-electron chi connectivity index (χ1n) is 8.39. The molecule has 1 heterocycles. The molecule has 0 spiro atoms. The van der Waals surface area contributed by atoms with Gasteiger partial charge in [-0.3, -0.25) is 9.59 Å². The molecular formula is C19H25N3O2S. The maximum absolute atomic E-state index is 12.8. The Morgan fingerprint density at radius 3 is 2.40 bits per heavy atom. The van der Waals surface area contributed by atoms with Gasteiger partial charge in [0.05, 0.1) is 12.0 Å². The number of hydrogen-bond acceptors (Lipinski definition) is 4. The molecule has 0 fully saturated rings. The van der Waals surface area contributed by atoms with Gasteiger partial charge in [-0.05, 0) is 43.5 Å². The third kappa shape index (κ3) is 4.82. The van der Waals surface area contributed by atoms with Crippen molar-refractivity contribution in [3.63, 3.8) is 0 Å². The van der Waals surface area contributed by atoms with E-state index in [4.69, 9.17) is 0 Å². The molecule has 134 valence electrons. The number of nitrogens with one attached hydrogen (secondary N) is 1. The van der Waals surface area contributed by atoms with Crippen molar-refractivity contribution in [2.24, 2.45) is 0 Å². The van der Waals surface area contributed by atoms with Crippen molar-refractivity contribution in [1.82, 2.24) is 4.90 Å². The number of hydrogen-bond donors (Lipinski definition) is 1. The zero-order valence-corrected chi connectivity index (χ0v) is 16.0. The molecule has 0 aliphatic rings. The van der Waals surface area contributed by atoms with E-state index in [0.717, 1.165) is 10.6 Å². The predicted molar refractivity (Wildman–Crippen MR) is 105 cm³/mol. The minimum Gasteiger partial charge on any atom is -0.377 e. The van der Waals surface area contributed by atoms with Crippen molar-refractivity contribution in [2.75, 3.05) is 37.4 Å². The van der Waals surface area contributed by atoms with Crippen LogP contribution < -0.4 is 10.2 Å². The van der Waals surface area contributed by atoms with Gasteiger partial charge in [-0.1, -0.05) is 6.07 Å². The van der Waals surface area contributed by atoms with Crippen molar-refractivity contribution in [2.45, 2.75) is 20.3 Å². The second-order valence-electron chi connectivity index (χ2n) is 5.91. The molecule has 5 nitrogen and oxygen atoms in total. The van der Waals surface area contributed by atoms with Crippen LogP contribution in [-0.2, 0) is 11.2 Å². The maximum atomic E-state index is 12.8. The zero-order chi connectivity index (χ0) is 18.4. The molecule has 0 aliphatic heterocycles. The summed E-state index contributed by atoms with van der Waals surface area (Å²) in [5.74, 6) is -0.107. The molecule has 1 aromatic carbocycles. The van der Waals surface area contributed by atoms with Crippen LogP contribution in [0.25, 0.3) is 0 Å². The minimum absolute atomic E-state index is 0.0249. The van der Waals surface area contributed by atoms with Crippen molar-refractivity contribution < 1.29 is 9.59 Å². The van der Waals surface area contributed by atoms with Crippen LogP contribution in [0.3, 0.4) is 0 Å². The van der Waals surface area contributed by atoms with E-state index in [1.54, 1.807) is 22.3 Å². The van der Waals surface area contributed by atoms with Crippen molar-refractivity contribution >= 4 is 34.5 Å². The van der Waals surface area contributed by atoms with Gasteiger partial charge in [0.2, 0.25) is 5.91 Å². The quantitative estimate of drug-likeness (QED) is 0.823. The molecule has 2 rings (SSSR count). The minimum atomic E-state index is -0.0821. The van der Waals surface area contributed by atoms with Crippen LogP contribution in [0.2, 0.25) is 0 Å². The lowest BCUT2D eigenvalue weighted by Gasteiger charge is -2.23. The van der Waals surface area contributed by atoms with Crippen LogP contribution in [0.4, 0.5) is 11.4 Å². The third-order valence-corrected chi connectivity index (χ3v) is 4.83. The Kier molecular flexibility index (Phi) is 6.58. The number of carbonyl (C=O) groups is 2. The normalized spacial score (nSPS) is 10.4. The Bertz CT molecular complexity index is 722. The summed E-state index contributed by atoms with van der Waals surface area (Å²) < 4.78 is 0. The van der Waals surface area contributed by atoms with Crippen molar-refractivity contribution in [1.29, 1.82) is 0 Å². The Hall–Kier alpha value is -2.34. The molecule has 0 atom stereocenters. The predicted octanol–water partition coefficient (Wildman–Crippen LogP) is 3.48. The maximum Gasteiger partial charge on any atom is 0.256 e. The highest BCUT2D eigenvalue weighted by Crippen LogP contribution is 2.25. The number of carbonyl (C=O) groups excluding carboxylic acids is 2. The molecule has 2 aromatic rings. The molecule has 0 saturated heterocycles. The Morgan fingerprint density at radius 1 is 1.12 bits per heavy atom. The molecule has 0 bridgehead atoms. The Morgan fingerprint density at radius 2 is 1.84 bits per heavy atom. The van der Waals surface area contributed by atoms with Gasteiger partial charge in [-0.15, -0.1) is 11.3 Å². The number of benzene rings is 1. The highest BCUT2D eigenvalue weighted by Gasteiger charge is 2.19. The van der Waals surface area contributed by atoms with Gasteiger partial charge in [-0.2, -0.15) is 0 Å². The van der Waals surface area contributed by atoms with E-state index in [-0.39, 0.29) is 11.8 Å². The third-order valence-electron chi connectivity index (χ3n) is 3.96. The fraction of sp³-hybridized carbons (Fsp3) is 0.368. The fourth-order valence-electron chi connectivity index (χ4n) is 2.63. The molecular weight excluding hydrogens is 334 g/mol. The van der Waals surface area contributed by atoms with Crippen LogP contribution in [0.1, 0.15) is 29.1 Å². The van der Waals surface area contributed by atoms with Crippen LogP contribution >= 0.6 is 11.3 Å². The van der Waals surface area contributed by atoms with Crippen molar-refractivity contribution in [3.05, 3.63) is 46.2 Å². The van der Waals surface area contributed by atoms with Crippen LogP contribution in [0.15, 0.2) is 35.7 Å². The first kappa shape index (κ1) is 19.0. The number of anilines is 2. The number of nitrogens with zero attached hydrogens (tertiary/aromatic N) is 2. The molecule has 1 aromatic heterocycles. The first-order valence-corrected chi connectivity index (χ1v) is 9.27. The molecule has 0 aliphatic carbocycles. The summed E-state index contributed by atoms with van der Waals surface area (Å²) in [6.07, 6.45) is 0.340. The average molecular weight is 359 g/mol. The van der Waals surface area contributed by atoms with Gasteiger partial charge in [0.25, 0.3) is 5.91 Å². The summed E-state index contributed by atoms with van der Waals surface area (Å²) in [7, 11) is 3.81. The lowest BCUT2D eigenvalue weighted by atomic mass is 10.1. The second kappa shape index (κ2) is 8.67. The standard InChI is InChI=1S/C19H25N3O2S/c1-5-22(6-2)19(24)16-12-14(9-10-17(16)21(3)4)20-18(23)13-15-8-7-11-25-15/h7-12H,5-6,13H2,1-4H3,(H,20,23). The van der Waals surface area contributed by atoms with Crippen LogP contribution in [0, 0.1) is 0 Å². The Labute approximate surface area is 153 Å². The number of rotatable bonds is 7. The Balaban J connectivity index is 2.24. The van der Waals surface area contributed by atoms with Gasteiger partial charge >= 0.3 is 0 Å². The number of thiophene rings is 1. The summed E-state index contributed by atoms with van der Waals surface area (Å²) in [5, 5.41) is 4.85. The van der Waals surface area contributed by atoms with E-state index < -0.39 is 0 Å². The van der Waals surface area contributed by atoms with E-state index >= 15 is 0 Å². The average Bonchev–Trinajstić information content (AvgIpc) is 3.08. The van der Waals surface area contributed by atoms with Gasteiger partial charge in [-0.25, -0.2) is 0 Å². The van der Waals surface area contributed by atoms with E-state index in [2.05, 4.69) is 5.32 Å². The summed E-state index contributed by atoms with van der Waals surface area (Å²) in [5.41, 5.74) is 2.08. The van der Waals surface area contributed by atoms with Crippen LogP contribution in [-0.4, -0.2) is 43.9 Å². The van der Waals surface area contributed by atoms with Crippen molar-refractivity contribution in [3.8, 4) is 0 Å². The number of amides is 2. The van der Waals surface area contributed by atoms with Gasteiger partial charge in [0.15, 0.2) is 0 Å². The highest BCUT2D eigenvalue weighted by molar-refractivity contribution is 7.10. The lowest BCUT2D eigenvalue weighted by Crippen LogP contribution is -2.31. The summed E-state index contributed by atoms with van der Waals surface area (Å²) >= 11 is 1.56. The molecule has 0 radical (unpaired) electrons. The zero-order valence-electron chi connectivity index (χ0n) is 15.2. The molecule has 2 amide bonds. The topological polar surface area (TPSA) is 52.7 Å². The van der Waals surface area contributed by atoms with E-state index in [1.807, 2.05) is 62.5 Å². The van der Waals surface area contributed by atoms with Gasteiger partial charge in [0.1, 0.15) is 0 Å². The molecule has 0 saturated carbocycles. The molecule has 0 unspecified atom stereocenters. The fourth-order valence-corrected chi connectivity index (χ4v) is 3.34. The monoisotopic (exact) mass is 359 g/mol. The smallest absolute Gasteiger partial charge is 0.256 e. The highest BCUT2D eigenvalue weighted by atomic mass is 32.1. The van der Waals surface area contributed by atoms with Gasteiger partial charge < -0.3 is 15.1 Å². The molecule has 25 heavy (non-hydrogen) atoms.